The Morgan fingerprint density at radius 2 is 2.31 bits per heavy atom. The SMILES string of the molecule is CCOC(=O)C=C1CCCC1(C)C. The summed E-state index contributed by atoms with van der Waals surface area (Å²) in [7, 11) is 0. The van der Waals surface area contributed by atoms with E-state index in [1.165, 1.54) is 18.4 Å². The van der Waals surface area contributed by atoms with Crippen molar-refractivity contribution in [2.75, 3.05) is 6.61 Å². The van der Waals surface area contributed by atoms with E-state index in [4.69, 9.17) is 4.74 Å². The molecule has 0 spiro atoms. The van der Waals surface area contributed by atoms with Crippen LogP contribution in [0.4, 0.5) is 0 Å². The molecule has 0 heterocycles. The predicted molar refractivity (Wildman–Crippen MR) is 52.3 cm³/mol. The van der Waals surface area contributed by atoms with Crippen molar-refractivity contribution in [2.45, 2.75) is 40.0 Å². The maximum Gasteiger partial charge on any atom is 0.330 e. The van der Waals surface area contributed by atoms with Crippen molar-refractivity contribution in [3.05, 3.63) is 11.6 Å². The molecular weight excluding hydrogens is 164 g/mol. The lowest BCUT2D eigenvalue weighted by Crippen LogP contribution is -2.10. The first-order valence-corrected chi connectivity index (χ1v) is 4.94. The van der Waals surface area contributed by atoms with Gasteiger partial charge in [0, 0.05) is 6.08 Å². The minimum Gasteiger partial charge on any atom is -0.463 e. The van der Waals surface area contributed by atoms with Crippen molar-refractivity contribution in [3.63, 3.8) is 0 Å². The van der Waals surface area contributed by atoms with E-state index in [9.17, 15) is 4.79 Å². The Balaban J connectivity index is 2.65. The molecule has 0 aliphatic heterocycles. The summed E-state index contributed by atoms with van der Waals surface area (Å²) in [5.41, 5.74) is 1.44. The van der Waals surface area contributed by atoms with Gasteiger partial charge in [0.25, 0.3) is 0 Å². The summed E-state index contributed by atoms with van der Waals surface area (Å²) in [5.74, 6) is -0.188. The first-order chi connectivity index (χ1) is 6.06. The standard InChI is InChI=1S/C11H18O2/c1-4-13-10(12)8-9-6-5-7-11(9,2)3/h8H,4-7H2,1-3H3. The van der Waals surface area contributed by atoms with Gasteiger partial charge in [-0.2, -0.15) is 0 Å². The number of esters is 1. The van der Waals surface area contributed by atoms with Gasteiger partial charge in [-0.05, 0) is 31.6 Å². The summed E-state index contributed by atoms with van der Waals surface area (Å²) in [6.45, 7) is 6.66. The molecule has 0 aromatic rings. The monoisotopic (exact) mass is 182 g/mol. The second-order valence-corrected chi connectivity index (χ2v) is 4.16. The molecule has 1 saturated carbocycles. The predicted octanol–water partition coefficient (Wildman–Crippen LogP) is 2.69. The van der Waals surface area contributed by atoms with E-state index in [-0.39, 0.29) is 11.4 Å². The third kappa shape index (κ3) is 2.58. The summed E-state index contributed by atoms with van der Waals surface area (Å²) >= 11 is 0. The van der Waals surface area contributed by atoms with Crippen molar-refractivity contribution in [3.8, 4) is 0 Å². The Hall–Kier alpha value is -0.790. The van der Waals surface area contributed by atoms with Crippen LogP contribution in [0.3, 0.4) is 0 Å². The average Bonchev–Trinajstić information content (AvgIpc) is 2.31. The first kappa shape index (κ1) is 10.3. The number of hydrogen-bond acceptors (Lipinski definition) is 2. The van der Waals surface area contributed by atoms with E-state index in [2.05, 4.69) is 13.8 Å². The van der Waals surface area contributed by atoms with Crippen LogP contribution in [0.15, 0.2) is 11.6 Å². The molecule has 1 rings (SSSR count). The van der Waals surface area contributed by atoms with Gasteiger partial charge in [-0.25, -0.2) is 4.79 Å². The maximum atomic E-state index is 11.2. The van der Waals surface area contributed by atoms with Crippen LogP contribution in [-0.4, -0.2) is 12.6 Å². The lowest BCUT2D eigenvalue weighted by atomic mass is 9.87. The molecule has 0 N–H and O–H groups in total. The molecule has 2 nitrogen and oxygen atoms in total. The van der Waals surface area contributed by atoms with E-state index in [1.54, 1.807) is 6.08 Å². The smallest absolute Gasteiger partial charge is 0.330 e. The number of ether oxygens (including phenoxy) is 1. The minimum atomic E-state index is -0.188. The highest BCUT2D eigenvalue weighted by Crippen LogP contribution is 2.41. The topological polar surface area (TPSA) is 26.3 Å². The van der Waals surface area contributed by atoms with Crippen LogP contribution >= 0.6 is 0 Å². The Morgan fingerprint density at radius 1 is 1.62 bits per heavy atom. The van der Waals surface area contributed by atoms with Gasteiger partial charge in [-0.15, -0.1) is 0 Å². The molecule has 0 aromatic carbocycles. The molecule has 1 aliphatic carbocycles. The fourth-order valence-electron chi connectivity index (χ4n) is 1.81. The summed E-state index contributed by atoms with van der Waals surface area (Å²) in [5, 5.41) is 0. The Morgan fingerprint density at radius 3 is 2.77 bits per heavy atom. The summed E-state index contributed by atoms with van der Waals surface area (Å²) in [6, 6.07) is 0. The fourth-order valence-corrected chi connectivity index (χ4v) is 1.81. The van der Waals surface area contributed by atoms with E-state index in [1.807, 2.05) is 6.92 Å². The minimum absolute atomic E-state index is 0.188. The van der Waals surface area contributed by atoms with Crippen LogP contribution in [0.2, 0.25) is 0 Å². The highest BCUT2D eigenvalue weighted by atomic mass is 16.5. The Bertz CT molecular complexity index is 226. The zero-order chi connectivity index (χ0) is 9.90. The highest BCUT2D eigenvalue weighted by molar-refractivity contribution is 5.83. The zero-order valence-corrected chi connectivity index (χ0v) is 8.72. The van der Waals surface area contributed by atoms with Gasteiger partial charge < -0.3 is 4.74 Å². The molecule has 74 valence electrons. The molecular formula is C11H18O2. The molecule has 1 aliphatic rings. The molecule has 0 saturated heterocycles. The second-order valence-electron chi connectivity index (χ2n) is 4.16. The van der Waals surface area contributed by atoms with Gasteiger partial charge in [0.2, 0.25) is 0 Å². The molecule has 0 bridgehead atoms. The van der Waals surface area contributed by atoms with Gasteiger partial charge in [-0.1, -0.05) is 19.4 Å². The van der Waals surface area contributed by atoms with Crippen molar-refractivity contribution in [1.82, 2.24) is 0 Å². The normalized spacial score (nSPS) is 23.5. The molecule has 0 radical (unpaired) electrons. The Labute approximate surface area is 80.0 Å². The number of carbonyl (C=O) groups is 1. The Kier molecular flexibility index (Phi) is 3.12. The van der Waals surface area contributed by atoms with E-state index >= 15 is 0 Å². The van der Waals surface area contributed by atoms with Crippen LogP contribution < -0.4 is 0 Å². The van der Waals surface area contributed by atoms with Crippen LogP contribution in [0.25, 0.3) is 0 Å². The van der Waals surface area contributed by atoms with E-state index in [0.29, 0.717) is 6.61 Å². The van der Waals surface area contributed by atoms with Gasteiger partial charge >= 0.3 is 5.97 Å². The van der Waals surface area contributed by atoms with Gasteiger partial charge in [-0.3, -0.25) is 0 Å². The molecule has 13 heavy (non-hydrogen) atoms. The average molecular weight is 182 g/mol. The lowest BCUT2D eigenvalue weighted by Gasteiger charge is -2.18. The van der Waals surface area contributed by atoms with Crippen molar-refractivity contribution in [1.29, 1.82) is 0 Å². The van der Waals surface area contributed by atoms with Crippen LogP contribution in [0, 0.1) is 5.41 Å². The van der Waals surface area contributed by atoms with Crippen LogP contribution in [0.1, 0.15) is 40.0 Å². The molecule has 0 aromatic heterocycles. The summed E-state index contributed by atoms with van der Waals surface area (Å²) in [6.07, 6.45) is 5.10. The first-order valence-electron chi connectivity index (χ1n) is 4.94. The number of carbonyl (C=O) groups excluding carboxylic acids is 1. The van der Waals surface area contributed by atoms with Crippen LogP contribution in [0.5, 0.6) is 0 Å². The molecule has 0 atom stereocenters. The van der Waals surface area contributed by atoms with Gasteiger partial charge in [0.1, 0.15) is 0 Å². The molecule has 2 heteroatoms. The van der Waals surface area contributed by atoms with Gasteiger partial charge in [0.05, 0.1) is 6.61 Å². The van der Waals surface area contributed by atoms with E-state index < -0.39 is 0 Å². The third-order valence-electron chi connectivity index (χ3n) is 2.70. The largest absolute Gasteiger partial charge is 0.463 e. The molecule has 0 unspecified atom stereocenters. The number of hydrogen-bond donors (Lipinski definition) is 0. The zero-order valence-electron chi connectivity index (χ0n) is 8.72. The summed E-state index contributed by atoms with van der Waals surface area (Å²) in [4.78, 5) is 11.2. The highest BCUT2D eigenvalue weighted by Gasteiger charge is 2.29. The van der Waals surface area contributed by atoms with Crippen molar-refractivity contribution < 1.29 is 9.53 Å². The number of rotatable bonds is 2. The van der Waals surface area contributed by atoms with E-state index in [0.717, 1.165) is 6.42 Å². The maximum absolute atomic E-state index is 11.2. The molecule has 1 fully saturated rings. The van der Waals surface area contributed by atoms with Crippen LogP contribution in [-0.2, 0) is 9.53 Å². The molecule has 0 amide bonds. The fraction of sp³-hybridized carbons (Fsp3) is 0.727. The number of allylic oxidation sites excluding steroid dienone is 1. The third-order valence-corrected chi connectivity index (χ3v) is 2.70. The lowest BCUT2D eigenvalue weighted by molar-refractivity contribution is -0.137. The summed E-state index contributed by atoms with van der Waals surface area (Å²) < 4.78 is 4.88. The van der Waals surface area contributed by atoms with Crippen molar-refractivity contribution >= 4 is 5.97 Å². The van der Waals surface area contributed by atoms with Crippen molar-refractivity contribution in [2.24, 2.45) is 5.41 Å². The quantitative estimate of drug-likeness (QED) is 0.485. The second kappa shape index (κ2) is 3.95. The van der Waals surface area contributed by atoms with Gasteiger partial charge in [0.15, 0.2) is 0 Å².